The number of anilines is 2. The highest BCUT2D eigenvalue weighted by atomic mass is 19.1. The second-order valence-electron chi connectivity index (χ2n) is 8.25. The molecule has 172 valence electrons. The molecule has 2 aromatic rings. The number of halogens is 2. The number of hydrogen-bond acceptors (Lipinski definition) is 5. The molecule has 2 aliphatic heterocycles. The van der Waals surface area contributed by atoms with Gasteiger partial charge in [-0.1, -0.05) is 6.07 Å². The van der Waals surface area contributed by atoms with Crippen molar-refractivity contribution in [2.75, 3.05) is 49.6 Å². The maximum absolute atomic E-state index is 14.1. The molecule has 0 saturated carbocycles. The first-order valence-corrected chi connectivity index (χ1v) is 11.0. The molecule has 2 fully saturated rings. The van der Waals surface area contributed by atoms with E-state index in [1.54, 1.807) is 7.05 Å². The molecule has 2 atom stereocenters. The molecular weight excluding hydrogens is 414 g/mol. The summed E-state index contributed by atoms with van der Waals surface area (Å²) < 4.78 is 32.8. The molecular formula is C23H30F2N6O. The van der Waals surface area contributed by atoms with Gasteiger partial charge in [0.25, 0.3) is 0 Å². The highest BCUT2D eigenvalue weighted by Crippen LogP contribution is 2.24. The first-order valence-electron chi connectivity index (χ1n) is 11.0. The molecule has 9 heteroatoms. The third-order valence-corrected chi connectivity index (χ3v) is 5.84. The quantitative estimate of drug-likeness (QED) is 0.546. The van der Waals surface area contributed by atoms with Crippen molar-refractivity contribution < 1.29 is 13.5 Å². The van der Waals surface area contributed by atoms with E-state index in [4.69, 9.17) is 4.74 Å². The molecule has 2 N–H and O–H groups in total. The van der Waals surface area contributed by atoms with Gasteiger partial charge in [0.2, 0.25) is 0 Å². The lowest BCUT2D eigenvalue weighted by Crippen LogP contribution is -2.44. The molecule has 32 heavy (non-hydrogen) atoms. The van der Waals surface area contributed by atoms with Crippen LogP contribution in [0.25, 0.3) is 0 Å². The second kappa shape index (κ2) is 10.1. The summed E-state index contributed by atoms with van der Waals surface area (Å²) in [5, 5.41) is 6.71. The Morgan fingerprint density at radius 1 is 1.19 bits per heavy atom. The van der Waals surface area contributed by atoms with Crippen LogP contribution in [-0.2, 0) is 11.3 Å². The highest BCUT2D eigenvalue weighted by Gasteiger charge is 2.25. The summed E-state index contributed by atoms with van der Waals surface area (Å²) in [6.45, 7) is 6.41. The molecule has 1 aromatic carbocycles. The fourth-order valence-electron chi connectivity index (χ4n) is 4.14. The van der Waals surface area contributed by atoms with E-state index in [1.165, 1.54) is 12.1 Å². The lowest BCUT2D eigenvalue weighted by atomic mass is 10.2. The van der Waals surface area contributed by atoms with Crippen LogP contribution in [-0.4, -0.2) is 62.9 Å². The van der Waals surface area contributed by atoms with Crippen molar-refractivity contribution in [3.8, 4) is 0 Å². The minimum Gasteiger partial charge on any atom is -0.375 e. The third kappa shape index (κ3) is 5.45. The van der Waals surface area contributed by atoms with E-state index in [1.807, 2.05) is 17.2 Å². The number of morpholine rings is 1. The Bertz CT molecular complexity index is 939. The Morgan fingerprint density at radius 2 is 2.06 bits per heavy atom. The van der Waals surface area contributed by atoms with Crippen molar-refractivity contribution >= 4 is 17.5 Å². The van der Waals surface area contributed by atoms with Crippen LogP contribution in [0, 0.1) is 11.6 Å². The molecule has 3 heterocycles. The number of pyridine rings is 1. The summed E-state index contributed by atoms with van der Waals surface area (Å²) in [7, 11) is 1.72. The molecule has 0 amide bonds. The van der Waals surface area contributed by atoms with Crippen molar-refractivity contribution in [3.63, 3.8) is 0 Å². The van der Waals surface area contributed by atoms with E-state index >= 15 is 0 Å². The van der Waals surface area contributed by atoms with Crippen LogP contribution in [0.4, 0.5) is 20.3 Å². The zero-order chi connectivity index (χ0) is 22.5. The van der Waals surface area contributed by atoms with E-state index in [2.05, 4.69) is 38.5 Å². The Balaban J connectivity index is 1.27. The third-order valence-electron chi connectivity index (χ3n) is 5.84. The van der Waals surface area contributed by atoms with Crippen LogP contribution in [0.5, 0.6) is 0 Å². The molecule has 2 unspecified atom stereocenters. The molecule has 4 rings (SSSR count). The first-order chi connectivity index (χ1) is 15.5. The van der Waals surface area contributed by atoms with Crippen molar-refractivity contribution in [1.29, 1.82) is 0 Å². The Hall–Kier alpha value is -2.94. The second-order valence-corrected chi connectivity index (χ2v) is 8.25. The molecule has 2 aliphatic rings. The van der Waals surface area contributed by atoms with Crippen molar-refractivity contribution in [2.45, 2.75) is 32.0 Å². The SMILES string of the molecule is CN=C(NCc1ccc(N2CCOC(C)C2)nc1)NC1CCN(c2ccc(F)cc2F)C1. The summed E-state index contributed by atoms with van der Waals surface area (Å²) in [5.74, 6) is 0.551. The number of aromatic nitrogens is 1. The Morgan fingerprint density at radius 3 is 2.78 bits per heavy atom. The van der Waals surface area contributed by atoms with E-state index in [9.17, 15) is 8.78 Å². The summed E-state index contributed by atoms with van der Waals surface area (Å²) in [6, 6.07) is 7.94. The van der Waals surface area contributed by atoms with Gasteiger partial charge in [0.1, 0.15) is 17.5 Å². The van der Waals surface area contributed by atoms with Crippen molar-refractivity contribution in [3.05, 3.63) is 53.7 Å². The van der Waals surface area contributed by atoms with Gasteiger partial charge in [0, 0.05) is 58.1 Å². The predicted octanol–water partition coefficient (Wildman–Crippen LogP) is 2.53. The van der Waals surface area contributed by atoms with Gasteiger partial charge in [-0.15, -0.1) is 0 Å². The lowest BCUT2D eigenvalue weighted by molar-refractivity contribution is 0.0529. The molecule has 2 saturated heterocycles. The van der Waals surface area contributed by atoms with Crippen LogP contribution in [0.1, 0.15) is 18.9 Å². The van der Waals surface area contributed by atoms with Gasteiger partial charge < -0.3 is 25.2 Å². The molecule has 0 radical (unpaired) electrons. The zero-order valence-electron chi connectivity index (χ0n) is 18.5. The average Bonchev–Trinajstić information content (AvgIpc) is 3.25. The van der Waals surface area contributed by atoms with Gasteiger partial charge in [-0.05, 0) is 37.1 Å². The molecule has 0 spiro atoms. The van der Waals surface area contributed by atoms with Gasteiger partial charge in [-0.3, -0.25) is 4.99 Å². The summed E-state index contributed by atoms with van der Waals surface area (Å²) in [4.78, 5) is 13.1. The van der Waals surface area contributed by atoms with E-state index in [0.717, 1.165) is 43.6 Å². The van der Waals surface area contributed by atoms with Crippen LogP contribution in [0.2, 0.25) is 0 Å². The number of rotatable bonds is 5. The van der Waals surface area contributed by atoms with Crippen LogP contribution >= 0.6 is 0 Å². The fraction of sp³-hybridized carbons (Fsp3) is 0.478. The standard InChI is InChI=1S/C23H30F2N6O/c1-16-14-31(9-10-32-16)22-6-3-17(12-27-22)13-28-23(26-2)29-19-7-8-30(15-19)21-5-4-18(24)11-20(21)25/h3-6,11-12,16,19H,7-10,13-15H2,1-2H3,(H2,26,28,29). The zero-order valence-corrected chi connectivity index (χ0v) is 18.5. The number of nitrogens with one attached hydrogen (secondary N) is 2. The van der Waals surface area contributed by atoms with Gasteiger partial charge in [-0.25, -0.2) is 13.8 Å². The maximum atomic E-state index is 14.1. The molecule has 7 nitrogen and oxygen atoms in total. The number of benzene rings is 1. The number of guanidine groups is 1. The molecule has 1 aromatic heterocycles. The van der Waals surface area contributed by atoms with E-state index in [0.29, 0.717) is 31.3 Å². The Labute approximate surface area is 187 Å². The summed E-state index contributed by atoms with van der Waals surface area (Å²) in [5.41, 5.74) is 1.49. The number of ether oxygens (including phenoxy) is 1. The number of aliphatic imine (C=N–C) groups is 1. The van der Waals surface area contributed by atoms with Crippen LogP contribution < -0.4 is 20.4 Å². The Kier molecular flexibility index (Phi) is 7.04. The van der Waals surface area contributed by atoms with Gasteiger partial charge in [0.05, 0.1) is 18.4 Å². The lowest BCUT2D eigenvalue weighted by Gasteiger charge is -2.32. The van der Waals surface area contributed by atoms with Gasteiger partial charge in [-0.2, -0.15) is 0 Å². The fourth-order valence-corrected chi connectivity index (χ4v) is 4.14. The topological polar surface area (TPSA) is 65.0 Å². The first kappa shape index (κ1) is 22.3. The van der Waals surface area contributed by atoms with Crippen LogP contribution in [0.15, 0.2) is 41.5 Å². The molecule has 0 aliphatic carbocycles. The predicted molar refractivity (Wildman–Crippen MR) is 122 cm³/mol. The summed E-state index contributed by atoms with van der Waals surface area (Å²) >= 11 is 0. The average molecular weight is 445 g/mol. The number of nitrogens with zero attached hydrogens (tertiary/aromatic N) is 4. The minimum absolute atomic E-state index is 0.120. The van der Waals surface area contributed by atoms with E-state index < -0.39 is 11.6 Å². The minimum atomic E-state index is -0.563. The normalized spacial score (nSPS) is 21.7. The smallest absolute Gasteiger partial charge is 0.191 e. The van der Waals surface area contributed by atoms with Crippen LogP contribution in [0.3, 0.4) is 0 Å². The number of hydrogen-bond donors (Lipinski definition) is 2. The van der Waals surface area contributed by atoms with Crippen molar-refractivity contribution in [2.24, 2.45) is 4.99 Å². The monoisotopic (exact) mass is 444 g/mol. The molecule has 0 bridgehead atoms. The largest absolute Gasteiger partial charge is 0.375 e. The van der Waals surface area contributed by atoms with Gasteiger partial charge in [0.15, 0.2) is 5.96 Å². The van der Waals surface area contributed by atoms with E-state index in [-0.39, 0.29) is 12.1 Å². The highest BCUT2D eigenvalue weighted by molar-refractivity contribution is 5.80. The summed E-state index contributed by atoms with van der Waals surface area (Å²) in [6.07, 6.45) is 2.93. The van der Waals surface area contributed by atoms with Gasteiger partial charge >= 0.3 is 0 Å². The maximum Gasteiger partial charge on any atom is 0.191 e. The van der Waals surface area contributed by atoms with Crippen molar-refractivity contribution in [1.82, 2.24) is 15.6 Å².